The number of benzene rings is 3. The molecular formula is C28H28N2O5. The molecule has 7 heteroatoms. The molecule has 3 aromatic carbocycles. The zero-order chi connectivity index (χ0) is 24.4. The molecule has 0 N–H and O–H groups in total. The van der Waals surface area contributed by atoms with Crippen LogP contribution in [0.1, 0.15) is 30.5 Å². The number of hydrogen-bond acceptors (Lipinski definition) is 6. The Balaban J connectivity index is 1.52. The standard InChI is InChI=1S/C28H28N2O5/c1-3-16-34-22-15-14-20(17-23(22)33-2)25-24-26(35-30(25)21-12-8-5-9-13-21)28(32)29(27(24)31)18-19-10-6-4-7-11-19/h4-15,17,24-26H,3,16,18H2,1-2H3/t24-,25+,26+/m0/s1. The summed E-state index contributed by atoms with van der Waals surface area (Å²) in [6.07, 6.45) is -0.0146. The zero-order valence-electron chi connectivity index (χ0n) is 19.8. The molecule has 2 amide bonds. The lowest BCUT2D eigenvalue weighted by Crippen LogP contribution is -2.36. The minimum absolute atomic E-state index is 0.222. The Morgan fingerprint density at radius 3 is 2.29 bits per heavy atom. The molecule has 0 radical (unpaired) electrons. The van der Waals surface area contributed by atoms with Crippen LogP contribution in [0.2, 0.25) is 0 Å². The van der Waals surface area contributed by atoms with Crippen LogP contribution < -0.4 is 14.5 Å². The zero-order valence-corrected chi connectivity index (χ0v) is 19.8. The maximum absolute atomic E-state index is 13.7. The van der Waals surface area contributed by atoms with Gasteiger partial charge in [0, 0.05) is 0 Å². The Morgan fingerprint density at radius 2 is 1.60 bits per heavy atom. The van der Waals surface area contributed by atoms with Gasteiger partial charge in [-0.3, -0.25) is 19.3 Å². The van der Waals surface area contributed by atoms with E-state index in [-0.39, 0.29) is 18.4 Å². The fourth-order valence-corrected chi connectivity index (χ4v) is 4.73. The Labute approximate surface area is 204 Å². The number of ether oxygens (including phenoxy) is 2. The Kier molecular flexibility index (Phi) is 6.42. The summed E-state index contributed by atoms with van der Waals surface area (Å²) < 4.78 is 11.4. The number of rotatable bonds is 8. The van der Waals surface area contributed by atoms with E-state index in [1.807, 2.05) is 85.8 Å². The van der Waals surface area contributed by atoms with Crippen molar-refractivity contribution in [2.75, 3.05) is 18.8 Å². The highest BCUT2D eigenvalue weighted by molar-refractivity contribution is 6.07. The second-order valence-electron chi connectivity index (χ2n) is 8.66. The number of imide groups is 1. The van der Waals surface area contributed by atoms with Crippen molar-refractivity contribution in [3.05, 3.63) is 90.0 Å². The van der Waals surface area contributed by atoms with Gasteiger partial charge in [0.2, 0.25) is 5.91 Å². The normalized spacial score (nSPS) is 21.4. The molecule has 2 aliphatic heterocycles. The summed E-state index contributed by atoms with van der Waals surface area (Å²) in [4.78, 5) is 34.5. The lowest BCUT2D eigenvalue weighted by atomic mass is 9.90. The number of fused-ring (bicyclic) bond motifs is 1. The second kappa shape index (κ2) is 9.80. The summed E-state index contributed by atoms with van der Waals surface area (Å²) in [6, 6.07) is 24.2. The van der Waals surface area contributed by atoms with E-state index in [1.165, 1.54) is 4.90 Å². The predicted molar refractivity (Wildman–Crippen MR) is 131 cm³/mol. The molecule has 0 bridgehead atoms. The van der Waals surface area contributed by atoms with Crippen molar-refractivity contribution in [1.29, 1.82) is 0 Å². The van der Waals surface area contributed by atoms with Crippen molar-refractivity contribution >= 4 is 17.5 Å². The number of anilines is 1. The van der Waals surface area contributed by atoms with Crippen molar-refractivity contribution in [3.8, 4) is 11.5 Å². The van der Waals surface area contributed by atoms with Gasteiger partial charge in [-0.25, -0.2) is 5.06 Å². The van der Waals surface area contributed by atoms with E-state index in [9.17, 15) is 9.59 Å². The van der Waals surface area contributed by atoms with E-state index in [0.717, 1.165) is 23.2 Å². The molecule has 7 nitrogen and oxygen atoms in total. The highest BCUT2D eigenvalue weighted by Gasteiger charge is 2.59. The van der Waals surface area contributed by atoms with Crippen LogP contribution in [0.4, 0.5) is 5.69 Å². The summed E-state index contributed by atoms with van der Waals surface area (Å²) in [5, 5.41) is 1.69. The van der Waals surface area contributed by atoms with Crippen molar-refractivity contribution in [2.24, 2.45) is 5.92 Å². The van der Waals surface area contributed by atoms with Crippen LogP contribution in [0.3, 0.4) is 0 Å². The first-order chi connectivity index (χ1) is 17.1. The molecule has 0 unspecified atom stereocenters. The lowest BCUT2D eigenvalue weighted by molar-refractivity contribution is -0.143. The topological polar surface area (TPSA) is 68.3 Å². The average Bonchev–Trinajstić information content (AvgIpc) is 3.40. The van der Waals surface area contributed by atoms with Gasteiger partial charge >= 0.3 is 0 Å². The smallest absolute Gasteiger partial charge is 0.262 e. The Bertz CT molecular complexity index is 1200. The maximum Gasteiger partial charge on any atom is 0.262 e. The molecule has 0 aliphatic carbocycles. The highest BCUT2D eigenvalue weighted by atomic mass is 16.7. The molecule has 180 valence electrons. The SMILES string of the molecule is CCCOc1ccc([C@@H]2[C@@H]3C(=O)N(Cc4ccccc4)C(=O)[C@@H]3ON2c2ccccc2)cc1OC. The van der Waals surface area contributed by atoms with E-state index >= 15 is 0 Å². The van der Waals surface area contributed by atoms with Gasteiger partial charge < -0.3 is 9.47 Å². The fourth-order valence-electron chi connectivity index (χ4n) is 4.73. The monoisotopic (exact) mass is 472 g/mol. The fraction of sp³-hybridized carbons (Fsp3) is 0.286. The molecule has 5 rings (SSSR count). The third kappa shape index (κ3) is 4.23. The van der Waals surface area contributed by atoms with Gasteiger partial charge in [-0.15, -0.1) is 0 Å². The van der Waals surface area contributed by atoms with E-state index in [1.54, 1.807) is 12.2 Å². The quantitative estimate of drug-likeness (QED) is 0.449. The lowest BCUT2D eigenvalue weighted by Gasteiger charge is -2.29. The Hall–Kier alpha value is -3.84. The van der Waals surface area contributed by atoms with Crippen molar-refractivity contribution in [1.82, 2.24) is 4.90 Å². The number of hydroxylamine groups is 1. The predicted octanol–water partition coefficient (Wildman–Crippen LogP) is 4.53. The minimum Gasteiger partial charge on any atom is -0.493 e. The van der Waals surface area contributed by atoms with Gasteiger partial charge in [0.15, 0.2) is 17.6 Å². The minimum atomic E-state index is -0.890. The van der Waals surface area contributed by atoms with Crippen molar-refractivity contribution in [2.45, 2.75) is 32.0 Å². The molecule has 2 heterocycles. The molecule has 35 heavy (non-hydrogen) atoms. The van der Waals surface area contributed by atoms with E-state index < -0.39 is 18.1 Å². The van der Waals surface area contributed by atoms with Crippen LogP contribution in [0.5, 0.6) is 11.5 Å². The molecule has 2 saturated heterocycles. The molecule has 2 fully saturated rings. The van der Waals surface area contributed by atoms with Crippen LogP contribution in [0.15, 0.2) is 78.9 Å². The van der Waals surface area contributed by atoms with Gasteiger partial charge in [-0.2, -0.15) is 0 Å². The number of carbonyl (C=O) groups excluding carboxylic acids is 2. The van der Waals surface area contributed by atoms with Crippen LogP contribution in [0, 0.1) is 5.92 Å². The first-order valence-electron chi connectivity index (χ1n) is 11.8. The third-order valence-electron chi connectivity index (χ3n) is 6.39. The number of hydrogen-bond donors (Lipinski definition) is 0. The maximum atomic E-state index is 13.7. The first kappa shape index (κ1) is 22.9. The molecule has 3 atom stereocenters. The van der Waals surface area contributed by atoms with E-state index in [2.05, 4.69) is 0 Å². The van der Waals surface area contributed by atoms with Crippen molar-refractivity contribution in [3.63, 3.8) is 0 Å². The average molecular weight is 473 g/mol. The summed E-state index contributed by atoms with van der Waals surface area (Å²) in [5.41, 5.74) is 2.47. The largest absolute Gasteiger partial charge is 0.493 e. The number of likely N-dealkylation sites (tertiary alicyclic amines) is 1. The highest BCUT2D eigenvalue weighted by Crippen LogP contribution is 2.48. The third-order valence-corrected chi connectivity index (χ3v) is 6.39. The number of nitrogens with zero attached hydrogens (tertiary/aromatic N) is 2. The van der Waals surface area contributed by atoms with Gasteiger partial charge in [0.05, 0.1) is 32.0 Å². The van der Waals surface area contributed by atoms with E-state index in [4.69, 9.17) is 14.3 Å². The number of carbonyl (C=O) groups is 2. The van der Waals surface area contributed by atoms with Crippen LogP contribution in [0.25, 0.3) is 0 Å². The van der Waals surface area contributed by atoms with Crippen LogP contribution in [-0.4, -0.2) is 36.5 Å². The van der Waals surface area contributed by atoms with Gasteiger partial charge in [0.25, 0.3) is 5.91 Å². The molecule has 0 aromatic heterocycles. The summed E-state index contributed by atoms with van der Waals surface area (Å²) in [5.74, 6) is -0.0251. The number of amides is 2. The first-order valence-corrected chi connectivity index (χ1v) is 11.8. The molecule has 0 saturated carbocycles. The number of methoxy groups -OCH3 is 1. The van der Waals surface area contributed by atoms with E-state index in [0.29, 0.717) is 18.1 Å². The molecular weight excluding hydrogens is 444 g/mol. The number of para-hydroxylation sites is 1. The summed E-state index contributed by atoms with van der Waals surface area (Å²) in [7, 11) is 1.59. The van der Waals surface area contributed by atoms with Gasteiger partial charge in [0.1, 0.15) is 5.92 Å². The Morgan fingerprint density at radius 1 is 0.886 bits per heavy atom. The molecule has 0 spiro atoms. The van der Waals surface area contributed by atoms with Crippen LogP contribution >= 0.6 is 0 Å². The van der Waals surface area contributed by atoms with Crippen LogP contribution in [-0.2, 0) is 21.0 Å². The van der Waals surface area contributed by atoms with Crippen molar-refractivity contribution < 1.29 is 23.9 Å². The molecule has 3 aromatic rings. The van der Waals surface area contributed by atoms with Gasteiger partial charge in [-0.1, -0.05) is 61.5 Å². The summed E-state index contributed by atoms with van der Waals surface area (Å²) >= 11 is 0. The second-order valence-corrected chi connectivity index (χ2v) is 8.66. The summed E-state index contributed by atoms with van der Waals surface area (Å²) in [6.45, 7) is 2.84. The molecule has 2 aliphatic rings. The van der Waals surface area contributed by atoms with Gasteiger partial charge in [-0.05, 0) is 41.8 Å².